The Morgan fingerprint density at radius 1 is 1.39 bits per heavy atom. The Morgan fingerprint density at radius 3 is 2.94 bits per heavy atom. The molecule has 2 aliphatic heterocycles. The van der Waals surface area contributed by atoms with Crippen LogP contribution in [0.2, 0.25) is 0 Å². The van der Waals surface area contributed by atoms with Crippen molar-refractivity contribution in [3.63, 3.8) is 0 Å². The van der Waals surface area contributed by atoms with Crippen LogP contribution in [0.5, 0.6) is 0 Å². The number of carbonyl (C=O) groups excluding carboxylic acids is 1. The van der Waals surface area contributed by atoms with Crippen LogP contribution in [0.25, 0.3) is 0 Å². The molecular weight excluding hydrogens is 230 g/mol. The van der Waals surface area contributed by atoms with Gasteiger partial charge in [0.2, 0.25) is 0 Å². The molecular formula is C13H25N3O2. The number of hydrogen-bond donors (Lipinski definition) is 3. The van der Waals surface area contributed by atoms with E-state index in [1.165, 1.54) is 25.8 Å². The van der Waals surface area contributed by atoms with E-state index in [1.54, 1.807) is 0 Å². The molecule has 0 aromatic rings. The molecule has 104 valence electrons. The average molecular weight is 255 g/mol. The predicted octanol–water partition coefficient (Wildman–Crippen LogP) is 0.683. The molecule has 0 spiro atoms. The summed E-state index contributed by atoms with van der Waals surface area (Å²) in [4.78, 5) is 14.3. The Morgan fingerprint density at radius 2 is 2.22 bits per heavy atom. The lowest BCUT2D eigenvalue weighted by Gasteiger charge is -2.32. The second kappa shape index (κ2) is 6.38. The number of piperidine rings is 1. The molecule has 5 nitrogen and oxygen atoms in total. The molecule has 0 aromatic carbocycles. The minimum Gasteiger partial charge on any atom is -0.394 e. The molecule has 0 aliphatic carbocycles. The maximum absolute atomic E-state index is 11.8. The van der Waals surface area contributed by atoms with E-state index in [0.29, 0.717) is 6.04 Å². The van der Waals surface area contributed by atoms with Gasteiger partial charge < -0.3 is 15.7 Å². The van der Waals surface area contributed by atoms with Crippen LogP contribution in [-0.2, 0) is 0 Å². The Labute approximate surface area is 109 Å². The number of hydrogen-bond acceptors (Lipinski definition) is 3. The number of nitrogens with one attached hydrogen (secondary N) is 2. The predicted molar refractivity (Wildman–Crippen MR) is 70.4 cm³/mol. The second-order valence-corrected chi connectivity index (χ2v) is 5.40. The molecule has 2 amide bonds. The normalized spacial score (nSPS) is 29.7. The van der Waals surface area contributed by atoms with E-state index >= 15 is 0 Å². The number of aliphatic hydroxyl groups excluding tert-OH is 1. The first-order valence-electron chi connectivity index (χ1n) is 7.16. The lowest BCUT2D eigenvalue weighted by molar-refractivity contribution is 0.176. The van der Waals surface area contributed by atoms with Crippen molar-refractivity contribution < 1.29 is 9.90 Å². The summed E-state index contributed by atoms with van der Waals surface area (Å²) in [6.45, 7) is 4.25. The number of rotatable bonds is 4. The molecule has 3 atom stereocenters. The maximum Gasteiger partial charge on any atom is 0.315 e. The number of carbonyl (C=O) groups is 1. The molecule has 18 heavy (non-hydrogen) atoms. The molecule has 2 aliphatic rings. The second-order valence-electron chi connectivity index (χ2n) is 5.40. The van der Waals surface area contributed by atoms with Crippen LogP contribution in [0.4, 0.5) is 4.79 Å². The zero-order valence-corrected chi connectivity index (χ0v) is 11.2. The summed E-state index contributed by atoms with van der Waals surface area (Å²) in [5.41, 5.74) is 0. The number of amides is 2. The van der Waals surface area contributed by atoms with Crippen LogP contribution in [0.15, 0.2) is 0 Å². The summed E-state index contributed by atoms with van der Waals surface area (Å²) in [5.74, 6) is 0. The van der Waals surface area contributed by atoms with Crippen molar-refractivity contribution in [1.29, 1.82) is 0 Å². The first-order valence-corrected chi connectivity index (χ1v) is 7.16. The van der Waals surface area contributed by atoms with E-state index in [9.17, 15) is 4.79 Å². The van der Waals surface area contributed by atoms with Crippen molar-refractivity contribution in [2.24, 2.45) is 0 Å². The van der Waals surface area contributed by atoms with Gasteiger partial charge >= 0.3 is 6.03 Å². The third-order valence-electron chi connectivity index (χ3n) is 4.22. The van der Waals surface area contributed by atoms with Crippen LogP contribution in [0.1, 0.15) is 39.0 Å². The van der Waals surface area contributed by atoms with Gasteiger partial charge in [-0.25, -0.2) is 4.79 Å². The molecule has 5 heteroatoms. The minimum absolute atomic E-state index is 0.00411. The van der Waals surface area contributed by atoms with Gasteiger partial charge in [-0.15, -0.1) is 0 Å². The molecule has 0 radical (unpaired) electrons. The van der Waals surface area contributed by atoms with Gasteiger partial charge in [0.25, 0.3) is 0 Å². The summed E-state index contributed by atoms with van der Waals surface area (Å²) in [5, 5.41) is 15.0. The van der Waals surface area contributed by atoms with Gasteiger partial charge in [-0.3, -0.25) is 4.90 Å². The van der Waals surface area contributed by atoms with E-state index in [1.807, 2.05) is 6.92 Å². The van der Waals surface area contributed by atoms with Crippen molar-refractivity contribution in [3.8, 4) is 0 Å². The van der Waals surface area contributed by atoms with Crippen molar-refractivity contribution in [2.75, 3.05) is 19.7 Å². The fraction of sp³-hybridized carbons (Fsp3) is 0.923. The molecule has 0 bridgehead atoms. The molecule has 0 aromatic heterocycles. The molecule has 2 heterocycles. The fourth-order valence-electron chi connectivity index (χ4n) is 3.09. The minimum atomic E-state index is -0.131. The first kappa shape index (κ1) is 13.6. The summed E-state index contributed by atoms with van der Waals surface area (Å²) in [7, 11) is 0. The van der Waals surface area contributed by atoms with E-state index in [4.69, 9.17) is 5.11 Å². The number of aliphatic hydroxyl groups is 1. The van der Waals surface area contributed by atoms with Crippen molar-refractivity contribution in [2.45, 2.75) is 57.2 Å². The Balaban J connectivity index is 1.80. The Bertz CT molecular complexity index is 281. The van der Waals surface area contributed by atoms with Crippen LogP contribution < -0.4 is 10.6 Å². The zero-order valence-electron chi connectivity index (χ0n) is 11.2. The topological polar surface area (TPSA) is 64.6 Å². The fourth-order valence-corrected chi connectivity index (χ4v) is 3.09. The number of urea groups is 1. The monoisotopic (exact) mass is 255 g/mol. The molecule has 2 saturated heterocycles. The van der Waals surface area contributed by atoms with E-state index in [-0.39, 0.29) is 24.7 Å². The van der Waals surface area contributed by atoms with Crippen molar-refractivity contribution in [1.82, 2.24) is 15.5 Å². The van der Waals surface area contributed by atoms with Gasteiger partial charge in [0, 0.05) is 18.6 Å². The summed E-state index contributed by atoms with van der Waals surface area (Å²) >= 11 is 0. The van der Waals surface area contributed by atoms with Crippen LogP contribution in [0, 0.1) is 0 Å². The standard InChI is InChI=1S/C13H25N3O2/c1-2-10(9-17)14-13(18)15-11-6-8-16-7-4-3-5-12(11)16/h10-12,17H,2-9H2,1H3,(H2,14,15,18). The average Bonchev–Trinajstić information content (AvgIpc) is 2.79. The van der Waals surface area contributed by atoms with Crippen molar-refractivity contribution in [3.05, 3.63) is 0 Å². The maximum atomic E-state index is 11.8. The Hall–Kier alpha value is -0.810. The van der Waals surface area contributed by atoms with Gasteiger partial charge in [-0.05, 0) is 32.2 Å². The van der Waals surface area contributed by atoms with Crippen LogP contribution >= 0.6 is 0 Å². The van der Waals surface area contributed by atoms with Crippen LogP contribution in [-0.4, -0.2) is 53.9 Å². The smallest absolute Gasteiger partial charge is 0.315 e. The number of fused-ring (bicyclic) bond motifs is 1. The number of nitrogens with zero attached hydrogens (tertiary/aromatic N) is 1. The van der Waals surface area contributed by atoms with Crippen LogP contribution in [0.3, 0.4) is 0 Å². The van der Waals surface area contributed by atoms with Gasteiger partial charge in [-0.1, -0.05) is 13.3 Å². The first-order chi connectivity index (χ1) is 8.74. The largest absolute Gasteiger partial charge is 0.394 e. The third-order valence-corrected chi connectivity index (χ3v) is 4.22. The highest BCUT2D eigenvalue weighted by atomic mass is 16.3. The third kappa shape index (κ3) is 3.14. The highest BCUT2D eigenvalue weighted by Crippen LogP contribution is 2.26. The highest BCUT2D eigenvalue weighted by Gasteiger charge is 2.36. The van der Waals surface area contributed by atoms with E-state index in [2.05, 4.69) is 15.5 Å². The van der Waals surface area contributed by atoms with Crippen molar-refractivity contribution >= 4 is 6.03 Å². The molecule has 2 rings (SSSR count). The molecule has 3 unspecified atom stereocenters. The molecule has 0 saturated carbocycles. The quantitative estimate of drug-likeness (QED) is 0.692. The van der Waals surface area contributed by atoms with Gasteiger partial charge in [0.1, 0.15) is 0 Å². The highest BCUT2D eigenvalue weighted by molar-refractivity contribution is 5.74. The van der Waals surface area contributed by atoms with Gasteiger partial charge in [0.05, 0.1) is 12.6 Å². The molecule has 3 N–H and O–H groups in total. The lowest BCUT2D eigenvalue weighted by Crippen LogP contribution is -2.52. The SMILES string of the molecule is CCC(CO)NC(=O)NC1CCN2CCCCC12. The van der Waals surface area contributed by atoms with Gasteiger partial charge in [-0.2, -0.15) is 0 Å². The van der Waals surface area contributed by atoms with E-state index in [0.717, 1.165) is 19.4 Å². The zero-order chi connectivity index (χ0) is 13.0. The summed E-state index contributed by atoms with van der Waals surface area (Å²) in [6.07, 6.45) is 5.56. The lowest BCUT2D eigenvalue weighted by atomic mass is 9.99. The van der Waals surface area contributed by atoms with Gasteiger partial charge in [0.15, 0.2) is 0 Å². The Kier molecular flexibility index (Phi) is 4.83. The summed E-state index contributed by atoms with van der Waals surface area (Å²) < 4.78 is 0. The summed E-state index contributed by atoms with van der Waals surface area (Å²) in [6, 6.07) is 0.544. The molecule has 2 fully saturated rings. The van der Waals surface area contributed by atoms with E-state index < -0.39 is 0 Å².